The minimum atomic E-state index is -0.814. The third-order valence-corrected chi connectivity index (χ3v) is 13.0. The average molecular weight is 1020 g/mol. The average Bonchev–Trinajstić information content (AvgIpc) is 3.39. The summed E-state index contributed by atoms with van der Waals surface area (Å²) in [4.78, 5) is 38.2. The van der Waals surface area contributed by atoms with Crippen molar-refractivity contribution in [3.05, 3.63) is 97.2 Å². The first-order valence-corrected chi connectivity index (χ1v) is 30.7. The van der Waals surface area contributed by atoms with Gasteiger partial charge in [-0.05, 0) is 116 Å². The first kappa shape index (κ1) is 69.3. The molecule has 0 saturated carbocycles. The Labute approximate surface area is 451 Å². The van der Waals surface area contributed by atoms with Gasteiger partial charge in [-0.25, -0.2) is 0 Å². The lowest BCUT2D eigenvalue weighted by molar-refractivity contribution is -0.166. The predicted octanol–water partition coefficient (Wildman–Crippen LogP) is 20.9. The highest BCUT2D eigenvalue weighted by Crippen LogP contribution is 2.15. The van der Waals surface area contributed by atoms with Gasteiger partial charge >= 0.3 is 17.9 Å². The molecule has 418 valence electrons. The van der Waals surface area contributed by atoms with Crippen LogP contribution in [0.15, 0.2) is 97.2 Å². The van der Waals surface area contributed by atoms with E-state index in [-0.39, 0.29) is 37.5 Å². The molecule has 0 amide bonds. The van der Waals surface area contributed by atoms with Crippen molar-refractivity contribution in [2.45, 2.75) is 297 Å². The summed E-state index contributed by atoms with van der Waals surface area (Å²) in [7, 11) is 0. The molecule has 1 atom stereocenters. The largest absolute Gasteiger partial charge is 0.462 e. The van der Waals surface area contributed by atoms with Crippen LogP contribution in [0.3, 0.4) is 0 Å². The smallest absolute Gasteiger partial charge is 0.306 e. The lowest BCUT2D eigenvalue weighted by Gasteiger charge is -2.18. The Balaban J connectivity index is 4.50. The Bertz CT molecular complexity index is 1440. The van der Waals surface area contributed by atoms with Crippen LogP contribution in [-0.4, -0.2) is 37.2 Å². The van der Waals surface area contributed by atoms with E-state index in [4.69, 9.17) is 14.2 Å². The Kier molecular flexibility index (Phi) is 57.8. The second-order valence-corrected chi connectivity index (χ2v) is 20.2. The molecule has 0 N–H and O–H groups in total. The molecule has 0 radical (unpaired) electrons. The Morgan fingerprint density at radius 3 is 0.890 bits per heavy atom. The number of allylic oxidation sites excluding steroid dienone is 16. The van der Waals surface area contributed by atoms with Crippen LogP contribution in [0, 0.1) is 0 Å². The van der Waals surface area contributed by atoms with E-state index in [0.29, 0.717) is 19.3 Å². The first-order chi connectivity index (χ1) is 36.0. The molecule has 0 rings (SSSR count). The summed E-state index contributed by atoms with van der Waals surface area (Å²) in [6, 6.07) is 0. The van der Waals surface area contributed by atoms with E-state index < -0.39 is 6.10 Å². The first-order valence-electron chi connectivity index (χ1n) is 30.7. The highest BCUT2D eigenvalue weighted by Gasteiger charge is 2.19. The number of ether oxygens (including phenoxy) is 3. The van der Waals surface area contributed by atoms with E-state index in [1.165, 1.54) is 167 Å². The van der Waals surface area contributed by atoms with Gasteiger partial charge in [-0.2, -0.15) is 0 Å². The second-order valence-electron chi connectivity index (χ2n) is 20.2. The number of hydrogen-bond donors (Lipinski definition) is 0. The van der Waals surface area contributed by atoms with Crippen LogP contribution in [0.4, 0.5) is 0 Å². The number of rotatable bonds is 55. The minimum absolute atomic E-state index is 0.104. The SMILES string of the molecule is CCCCC/C=C\C/C=C\C/C=C\C/C=C\C/C=C\CCC(=O)OC[C@H](COC(=O)CCCCCCCCCCC/C=C\CCCCCCCC)OC(=O)CCCCCCCCC/C=C\C/C=C\CCCCC. The zero-order valence-electron chi connectivity index (χ0n) is 47.9. The number of hydrogen-bond acceptors (Lipinski definition) is 6. The van der Waals surface area contributed by atoms with E-state index in [1.807, 2.05) is 6.08 Å². The molecule has 0 aromatic rings. The van der Waals surface area contributed by atoms with Gasteiger partial charge in [0.2, 0.25) is 0 Å². The zero-order valence-corrected chi connectivity index (χ0v) is 47.9. The third-order valence-electron chi connectivity index (χ3n) is 13.0. The Morgan fingerprint density at radius 2 is 0.521 bits per heavy atom. The van der Waals surface area contributed by atoms with Gasteiger partial charge in [-0.3, -0.25) is 14.4 Å². The van der Waals surface area contributed by atoms with Gasteiger partial charge in [-0.15, -0.1) is 0 Å². The van der Waals surface area contributed by atoms with Crippen LogP contribution in [0.2, 0.25) is 0 Å². The molecule has 0 aliphatic heterocycles. The summed E-state index contributed by atoms with van der Waals surface area (Å²) in [5, 5.41) is 0. The molecule has 6 heteroatoms. The van der Waals surface area contributed by atoms with Gasteiger partial charge in [0, 0.05) is 19.3 Å². The molecule has 6 nitrogen and oxygen atoms in total. The molecule has 0 bridgehead atoms. The van der Waals surface area contributed by atoms with Crippen molar-refractivity contribution in [2.24, 2.45) is 0 Å². The van der Waals surface area contributed by atoms with E-state index in [1.54, 1.807) is 0 Å². The van der Waals surface area contributed by atoms with Gasteiger partial charge in [0.1, 0.15) is 13.2 Å². The van der Waals surface area contributed by atoms with E-state index in [9.17, 15) is 14.4 Å². The standard InChI is InChI=1S/C67H114O6/c1-4-7-10-13-16-19-22-25-28-31-33-36-38-41-44-47-50-53-56-59-65(68)71-62-64(73-67(70)61-58-55-52-49-46-43-40-35-30-27-24-21-18-15-12-9-6-3)63-72-66(69)60-57-54-51-48-45-42-39-37-34-32-29-26-23-20-17-14-11-8-5-2/h16,18-19,21,25-30,33,36,41,44,50,53,64H,4-15,17,20,22-24,31-32,34-35,37-40,42-43,45-49,51-52,54-63H2,1-3H3/b19-16-,21-18-,28-25-,29-26-,30-27-,36-33-,44-41-,53-50-/t64-/m1/s1. The lowest BCUT2D eigenvalue weighted by atomic mass is 10.1. The summed E-state index contributed by atoms with van der Waals surface area (Å²) in [6.07, 6.45) is 81.2. The van der Waals surface area contributed by atoms with Crippen molar-refractivity contribution in [1.82, 2.24) is 0 Å². The molecule has 0 aromatic heterocycles. The fraction of sp³-hybridized carbons (Fsp3) is 0.716. The predicted molar refractivity (Wildman–Crippen MR) is 316 cm³/mol. The van der Waals surface area contributed by atoms with Gasteiger partial charge in [-0.1, -0.05) is 253 Å². The summed E-state index contributed by atoms with van der Waals surface area (Å²) in [5.41, 5.74) is 0. The fourth-order valence-corrected chi connectivity index (χ4v) is 8.39. The van der Waals surface area contributed by atoms with Crippen molar-refractivity contribution >= 4 is 17.9 Å². The van der Waals surface area contributed by atoms with E-state index >= 15 is 0 Å². The van der Waals surface area contributed by atoms with E-state index in [2.05, 4.69) is 112 Å². The molecular formula is C67H114O6. The van der Waals surface area contributed by atoms with E-state index in [0.717, 1.165) is 77.0 Å². The molecule has 0 saturated heterocycles. The molecule has 0 aliphatic carbocycles. The molecule has 0 aliphatic rings. The Morgan fingerprint density at radius 1 is 0.274 bits per heavy atom. The highest BCUT2D eigenvalue weighted by atomic mass is 16.6. The van der Waals surface area contributed by atoms with Crippen molar-refractivity contribution in [1.29, 1.82) is 0 Å². The third kappa shape index (κ3) is 59.1. The summed E-state index contributed by atoms with van der Waals surface area (Å²) in [5.74, 6) is -0.994. The van der Waals surface area contributed by atoms with Gasteiger partial charge in [0.15, 0.2) is 6.10 Å². The van der Waals surface area contributed by atoms with Crippen LogP contribution < -0.4 is 0 Å². The molecule has 0 heterocycles. The minimum Gasteiger partial charge on any atom is -0.462 e. The van der Waals surface area contributed by atoms with Gasteiger partial charge in [0.25, 0.3) is 0 Å². The number of carbonyl (C=O) groups excluding carboxylic acids is 3. The summed E-state index contributed by atoms with van der Waals surface area (Å²) >= 11 is 0. The van der Waals surface area contributed by atoms with Crippen LogP contribution in [-0.2, 0) is 28.6 Å². The van der Waals surface area contributed by atoms with Gasteiger partial charge < -0.3 is 14.2 Å². The molecule has 0 unspecified atom stereocenters. The number of esters is 3. The highest BCUT2D eigenvalue weighted by molar-refractivity contribution is 5.71. The number of unbranched alkanes of at least 4 members (excludes halogenated alkanes) is 28. The van der Waals surface area contributed by atoms with Crippen LogP contribution in [0.1, 0.15) is 290 Å². The number of carbonyl (C=O) groups is 3. The molecule has 0 aromatic carbocycles. The fourth-order valence-electron chi connectivity index (χ4n) is 8.39. The topological polar surface area (TPSA) is 78.9 Å². The molecule has 0 fully saturated rings. The molecule has 73 heavy (non-hydrogen) atoms. The van der Waals surface area contributed by atoms with Crippen molar-refractivity contribution in [3.8, 4) is 0 Å². The maximum atomic E-state index is 12.9. The second kappa shape index (κ2) is 60.9. The molecule has 0 spiro atoms. The maximum Gasteiger partial charge on any atom is 0.306 e. The van der Waals surface area contributed by atoms with Gasteiger partial charge in [0.05, 0.1) is 0 Å². The zero-order chi connectivity index (χ0) is 52.9. The normalized spacial score (nSPS) is 12.8. The van der Waals surface area contributed by atoms with Crippen molar-refractivity contribution < 1.29 is 28.6 Å². The van der Waals surface area contributed by atoms with Crippen LogP contribution in [0.5, 0.6) is 0 Å². The summed E-state index contributed by atoms with van der Waals surface area (Å²) in [6.45, 7) is 6.53. The maximum absolute atomic E-state index is 12.9. The quantitative estimate of drug-likeness (QED) is 0.0261. The lowest BCUT2D eigenvalue weighted by Crippen LogP contribution is -2.30. The Hall–Kier alpha value is -3.67. The molecular weight excluding hydrogens is 901 g/mol. The van der Waals surface area contributed by atoms with Crippen LogP contribution in [0.25, 0.3) is 0 Å². The monoisotopic (exact) mass is 1010 g/mol. The van der Waals surface area contributed by atoms with Crippen LogP contribution >= 0.6 is 0 Å². The van der Waals surface area contributed by atoms with Crippen molar-refractivity contribution in [2.75, 3.05) is 13.2 Å². The summed E-state index contributed by atoms with van der Waals surface area (Å²) < 4.78 is 16.8. The van der Waals surface area contributed by atoms with Crippen molar-refractivity contribution in [3.63, 3.8) is 0 Å².